The summed E-state index contributed by atoms with van der Waals surface area (Å²) in [6.07, 6.45) is 1.07. The van der Waals surface area contributed by atoms with Crippen LogP contribution in [0.2, 0.25) is 0 Å². The third kappa shape index (κ3) is 3.84. The van der Waals surface area contributed by atoms with Crippen LogP contribution in [-0.2, 0) is 0 Å². The van der Waals surface area contributed by atoms with Crippen LogP contribution in [0.4, 0.5) is 11.8 Å². The van der Waals surface area contributed by atoms with E-state index >= 15 is 0 Å². The van der Waals surface area contributed by atoms with Crippen molar-refractivity contribution in [3.05, 3.63) is 11.4 Å². The quantitative estimate of drug-likeness (QED) is 0.824. The summed E-state index contributed by atoms with van der Waals surface area (Å²) in [5.41, 5.74) is 0. The van der Waals surface area contributed by atoms with Gasteiger partial charge >= 0.3 is 0 Å². The van der Waals surface area contributed by atoms with E-state index in [0.29, 0.717) is 12.0 Å². The summed E-state index contributed by atoms with van der Waals surface area (Å²) >= 11 is 1.68. The average Bonchev–Trinajstić information content (AvgIpc) is 2.89. The molecule has 116 valence electrons. The van der Waals surface area contributed by atoms with Gasteiger partial charge in [0.1, 0.15) is 10.6 Å². The molecule has 0 spiro atoms. The molecule has 0 amide bonds. The predicted molar refractivity (Wildman–Crippen MR) is 93.5 cm³/mol. The lowest BCUT2D eigenvalue weighted by molar-refractivity contribution is 0.567. The first-order chi connectivity index (χ1) is 10.0. The minimum atomic E-state index is 0.421. The Morgan fingerprint density at radius 1 is 1.24 bits per heavy atom. The van der Waals surface area contributed by atoms with Crippen LogP contribution in [0.3, 0.4) is 0 Å². The molecule has 0 aromatic carbocycles. The van der Waals surface area contributed by atoms with Gasteiger partial charge in [0.2, 0.25) is 5.95 Å². The number of anilines is 2. The molecule has 2 aromatic rings. The Bertz CT molecular complexity index is 577. The van der Waals surface area contributed by atoms with Gasteiger partial charge in [-0.1, -0.05) is 20.8 Å². The van der Waals surface area contributed by atoms with Crippen LogP contribution in [-0.4, -0.2) is 29.1 Å². The van der Waals surface area contributed by atoms with Gasteiger partial charge in [0.05, 0.1) is 5.39 Å². The lowest BCUT2D eigenvalue weighted by atomic mass is 10.1. The second-order valence-corrected chi connectivity index (χ2v) is 6.97. The fourth-order valence-corrected chi connectivity index (χ4v) is 3.07. The summed E-state index contributed by atoms with van der Waals surface area (Å²) in [7, 11) is 0. The van der Waals surface area contributed by atoms with Crippen LogP contribution in [0.1, 0.15) is 41.0 Å². The van der Waals surface area contributed by atoms with Crippen LogP contribution in [0.5, 0.6) is 0 Å². The number of nitrogens with zero attached hydrogens (tertiary/aromatic N) is 3. The number of rotatable bonds is 7. The van der Waals surface area contributed by atoms with E-state index in [1.165, 1.54) is 0 Å². The summed E-state index contributed by atoms with van der Waals surface area (Å²) < 4.78 is 0. The first kappa shape index (κ1) is 16.0. The van der Waals surface area contributed by atoms with Gasteiger partial charge in [0.25, 0.3) is 0 Å². The Morgan fingerprint density at radius 2 is 2.00 bits per heavy atom. The van der Waals surface area contributed by atoms with Crippen molar-refractivity contribution in [2.75, 3.05) is 23.3 Å². The van der Waals surface area contributed by atoms with E-state index in [9.17, 15) is 0 Å². The molecular formula is C16H26N4S. The molecule has 0 fully saturated rings. The lowest BCUT2D eigenvalue weighted by Crippen LogP contribution is -2.35. The highest BCUT2D eigenvalue weighted by Crippen LogP contribution is 2.30. The molecule has 2 rings (SSSR count). The predicted octanol–water partition coefficient (Wildman–Crippen LogP) is 4.38. The smallest absolute Gasteiger partial charge is 0.226 e. The van der Waals surface area contributed by atoms with E-state index in [0.717, 1.165) is 41.5 Å². The standard InChI is InChI=1S/C16H26N4S/c1-6-8-17-16-18-14(13-7-9-21-15(13)19-16)20(12(4)5)10-11(2)3/h7,9,11-12H,6,8,10H2,1-5H3,(H,17,18,19). The molecule has 0 atom stereocenters. The molecule has 2 heterocycles. The van der Waals surface area contributed by atoms with Crippen LogP contribution in [0, 0.1) is 5.92 Å². The second kappa shape index (κ2) is 7.07. The maximum absolute atomic E-state index is 4.80. The van der Waals surface area contributed by atoms with E-state index in [1.807, 2.05) is 0 Å². The normalized spacial score (nSPS) is 11.6. The van der Waals surface area contributed by atoms with Gasteiger partial charge in [-0.05, 0) is 37.6 Å². The molecule has 0 aliphatic heterocycles. The van der Waals surface area contributed by atoms with Crippen molar-refractivity contribution >= 4 is 33.3 Å². The highest BCUT2D eigenvalue weighted by atomic mass is 32.1. The van der Waals surface area contributed by atoms with Gasteiger partial charge in [0.15, 0.2) is 0 Å². The van der Waals surface area contributed by atoms with Gasteiger partial charge < -0.3 is 10.2 Å². The van der Waals surface area contributed by atoms with Crippen LogP contribution in [0.25, 0.3) is 10.2 Å². The molecule has 0 aliphatic carbocycles. The van der Waals surface area contributed by atoms with Crippen molar-refractivity contribution in [1.82, 2.24) is 9.97 Å². The van der Waals surface area contributed by atoms with Crippen LogP contribution >= 0.6 is 11.3 Å². The van der Waals surface area contributed by atoms with Crippen molar-refractivity contribution < 1.29 is 0 Å². The van der Waals surface area contributed by atoms with Gasteiger partial charge in [-0.25, -0.2) is 4.98 Å². The lowest BCUT2D eigenvalue weighted by Gasteiger charge is -2.30. The van der Waals surface area contributed by atoms with Gasteiger partial charge in [-0.3, -0.25) is 0 Å². The number of fused-ring (bicyclic) bond motifs is 1. The zero-order valence-electron chi connectivity index (χ0n) is 13.7. The monoisotopic (exact) mass is 306 g/mol. The van der Waals surface area contributed by atoms with E-state index < -0.39 is 0 Å². The number of hydrogen-bond acceptors (Lipinski definition) is 5. The SMILES string of the molecule is CCCNc1nc(N(CC(C)C)C(C)C)c2ccsc2n1. The highest BCUT2D eigenvalue weighted by Gasteiger charge is 2.18. The van der Waals surface area contributed by atoms with Gasteiger partial charge in [0, 0.05) is 19.1 Å². The minimum absolute atomic E-state index is 0.421. The molecule has 0 saturated carbocycles. The fraction of sp³-hybridized carbons (Fsp3) is 0.625. The largest absolute Gasteiger partial charge is 0.354 e. The van der Waals surface area contributed by atoms with Crippen molar-refractivity contribution in [1.29, 1.82) is 0 Å². The third-order valence-corrected chi connectivity index (χ3v) is 4.10. The Labute approximate surface area is 131 Å². The van der Waals surface area contributed by atoms with Crippen molar-refractivity contribution in [2.45, 2.75) is 47.1 Å². The van der Waals surface area contributed by atoms with Gasteiger partial charge in [-0.2, -0.15) is 4.98 Å². The molecule has 21 heavy (non-hydrogen) atoms. The first-order valence-corrected chi connectivity index (χ1v) is 8.66. The molecule has 4 nitrogen and oxygen atoms in total. The summed E-state index contributed by atoms with van der Waals surface area (Å²) in [5.74, 6) is 2.41. The maximum Gasteiger partial charge on any atom is 0.226 e. The zero-order valence-corrected chi connectivity index (χ0v) is 14.5. The Hall–Kier alpha value is -1.36. The number of nitrogens with one attached hydrogen (secondary N) is 1. The molecule has 5 heteroatoms. The molecular weight excluding hydrogens is 280 g/mol. The van der Waals surface area contributed by atoms with Gasteiger partial charge in [-0.15, -0.1) is 11.3 Å². The van der Waals surface area contributed by atoms with E-state index in [4.69, 9.17) is 4.98 Å². The van der Waals surface area contributed by atoms with Crippen LogP contribution < -0.4 is 10.2 Å². The first-order valence-electron chi connectivity index (χ1n) is 7.78. The molecule has 0 radical (unpaired) electrons. The molecule has 0 saturated heterocycles. The summed E-state index contributed by atoms with van der Waals surface area (Å²) in [4.78, 5) is 12.9. The third-order valence-electron chi connectivity index (χ3n) is 3.30. The minimum Gasteiger partial charge on any atom is -0.354 e. The van der Waals surface area contributed by atoms with Crippen molar-refractivity contribution in [3.8, 4) is 0 Å². The van der Waals surface area contributed by atoms with E-state index in [2.05, 4.69) is 61.3 Å². The Kier molecular flexibility index (Phi) is 5.39. The Balaban J connectivity index is 2.45. The zero-order chi connectivity index (χ0) is 15.4. The van der Waals surface area contributed by atoms with E-state index in [-0.39, 0.29) is 0 Å². The summed E-state index contributed by atoms with van der Waals surface area (Å²) in [6, 6.07) is 2.55. The van der Waals surface area contributed by atoms with E-state index in [1.54, 1.807) is 11.3 Å². The molecule has 0 bridgehead atoms. The van der Waals surface area contributed by atoms with Crippen molar-refractivity contribution in [2.24, 2.45) is 5.92 Å². The number of aromatic nitrogens is 2. The summed E-state index contributed by atoms with van der Waals surface area (Å²) in [6.45, 7) is 13.0. The second-order valence-electron chi connectivity index (χ2n) is 6.08. The molecule has 0 unspecified atom stereocenters. The Morgan fingerprint density at radius 3 is 2.62 bits per heavy atom. The highest BCUT2D eigenvalue weighted by molar-refractivity contribution is 7.16. The number of thiophene rings is 1. The molecule has 1 N–H and O–H groups in total. The average molecular weight is 306 g/mol. The van der Waals surface area contributed by atoms with Crippen molar-refractivity contribution in [3.63, 3.8) is 0 Å². The fourth-order valence-electron chi connectivity index (χ4n) is 2.31. The molecule has 0 aliphatic rings. The maximum atomic E-state index is 4.80. The number of hydrogen-bond donors (Lipinski definition) is 1. The molecule has 2 aromatic heterocycles. The summed E-state index contributed by atoms with van der Waals surface area (Å²) in [5, 5.41) is 6.58. The topological polar surface area (TPSA) is 41.1 Å². The van der Waals surface area contributed by atoms with Crippen LogP contribution in [0.15, 0.2) is 11.4 Å².